The smallest absolute Gasteiger partial charge is 0.205 e. The highest BCUT2D eigenvalue weighted by atomic mass is 35.5. The molecule has 1 aliphatic heterocycles. The monoisotopic (exact) mass is 370 g/mol. The summed E-state index contributed by atoms with van der Waals surface area (Å²) in [6, 6.07) is 13.3. The molecule has 4 nitrogen and oxygen atoms in total. The van der Waals surface area contributed by atoms with Crippen LogP contribution in [0.2, 0.25) is 5.02 Å². The van der Waals surface area contributed by atoms with Gasteiger partial charge in [-0.2, -0.15) is 0 Å². The fourth-order valence-electron chi connectivity index (χ4n) is 2.87. The molecule has 0 atom stereocenters. The van der Waals surface area contributed by atoms with Crippen molar-refractivity contribution in [3.05, 3.63) is 63.3 Å². The standard InChI is InChI=1S/C19H15ClN2O2S/c1-2-23-15-8-4-5-11-10-14-18(24-16(11)15)21-17(22-19(14)25)12-6-3-7-13(20)9-12/h3-9H,2,10H2,1H3,(H,21,22,25). The van der Waals surface area contributed by atoms with Crippen molar-refractivity contribution >= 4 is 23.8 Å². The zero-order valence-electron chi connectivity index (χ0n) is 13.5. The van der Waals surface area contributed by atoms with Gasteiger partial charge in [0.15, 0.2) is 11.5 Å². The summed E-state index contributed by atoms with van der Waals surface area (Å²) in [7, 11) is 0. The van der Waals surface area contributed by atoms with Crippen molar-refractivity contribution in [2.45, 2.75) is 13.3 Å². The third-order valence-corrected chi connectivity index (χ3v) is 4.58. The number of nitrogens with zero attached hydrogens (tertiary/aromatic N) is 1. The van der Waals surface area contributed by atoms with Crippen molar-refractivity contribution in [1.29, 1.82) is 0 Å². The highest BCUT2D eigenvalue weighted by Gasteiger charge is 2.23. The fourth-order valence-corrected chi connectivity index (χ4v) is 3.32. The lowest BCUT2D eigenvalue weighted by Crippen LogP contribution is -2.09. The van der Waals surface area contributed by atoms with E-state index in [4.69, 9.17) is 33.3 Å². The third kappa shape index (κ3) is 3.01. The molecular formula is C19H15ClN2O2S. The normalized spacial score (nSPS) is 12.1. The molecule has 126 valence electrons. The molecule has 0 saturated heterocycles. The Labute approximate surface area is 155 Å². The number of nitrogens with one attached hydrogen (secondary N) is 1. The van der Waals surface area contributed by atoms with E-state index in [0.29, 0.717) is 34.4 Å². The van der Waals surface area contributed by atoms with Gasteiger partial charge in [0.05, 0.1) is 12.2 Å². The van der Waals surface area contributed by atoms with E-state index in [1.54, 1.807) is 0 Å². The van der Waals surface area contributed by atoms with E-state index in [2.05, 4.69) is 9.97 Å². The minimum absolute atomic E-state index is 0.524. The number of fused-ring (bicyclic) bond motifs is 2. The summed E-state index contributed by atoms with van der Waals surface area (Å²) in [6.45, 7) is 2.53. The maximum atomic E-state index is 6.11. The largest absolute Gasteiger partial charge is 0.490 e. The van der Waals surface area contributed by atoms with Crippen LogP contribution < -0.4 is 9.47 Å². The van der Waals surface area contributed by atoms with E-state index in [1.807, 2.05) is 49.4 Å². The Bertz CT molecular complexity index is 1020. The first-order valence-corrected chi connectivity index (χ1v) is 8.76. The summed E-state index contributed by atoms with van der Waals surface area (Å²) >= 11 is 11.6. The quantitative estimate of drug-likeness (QED) is 0.480. The molecule has 3 aromatic rings. The molecule has 25 heavy (non-hydrogen) atoms. The Balaban J connectivity index is 1.81. The number of benzene rings is 2. The van der Waals surface area contributed by atoms with Crippen LogP contribution in [0.15, 0.2) is 42.5 Å². The Morgan fingerprint density at radius 2 is 2.12 bits per heavy atom. The molecule has 1 aliphatic rings. The molecule has 0 spiro atoms. The van der Waals surface area contributed by atoms with Crippen molar-refractivity contribution in [2.75, 3.05) is 6.61 Å². The predicted molar refractivity (Wildman–Crippen MR) is 100 cm³/mol. The first kappa shape index (κ1) is 16.1. The first-order chi connectivity index (χ1) is 12.2. The van der Waals surface area contributed by atoms with E-state index < -0.39 is 0 Å². The summed E-state index contributed by atoms with van der Waals surface area (Å²) in [5.41, 5.74) is 2.77. The van der Waals surface area contributed by atoms with Gasteiger partial charge in [-0.05, 0) is 25.1 Å². The predicted octanol–water partition coefficient (Wildman–Crippen LogP) is 5.55. The van der Waals surface area contributed by atoms with E-state index in [-0.39, 0.29) is 0 Å². The van der Waals surface area contributed by atoms with Gasteiger partial charge in [0.1, 0.15) is 10.5 Å². The molecule has 6 heteroatoms. The minimum atomic E-state index is 0.524. The number of halogens is 1. The maximum absolute atomic E-state index is 6.11. The van der Waals surface area contributed by atoms with Crippen LogP contribution in [0.25, 0.3) is 11.4 Å². The molecule has 2 aromatic carbocycles. The Morgan fingerprint density at radius 3 is 2.92 bits per heavy atom. The molecule has 1 N–H and O–H groups in total. The summed E-state index contributed by atoms with van der Waals surface area (Å²) in [5, 5.41) is 0.640. The lowest BCUT2D eigenvalue weighted by molar-refractivity contribution is 0.315. The number of H-pyrrole nitrogens is 1. The van der Waals surface area contributed by atoms with E-state index in [0.717, 1.165) is 28.2 Å². The summed E-state index contributed by atoms with van der Waals surface area (Å²) in [6.07, 6.45) is 0.656. The number of hydrogen-bond donors (Lipinski definition) is 1. The summed E-state index contributed by atoms with van der Waals surface area (Å²) in [4.78, 5) is 7.76. The Kier molecular flexibility index (Phi) is 4.19. The highest BCUT2D eigenvalue weighted by Crippen LogP contribution is 2.42. The third-order valence-electron chi connectivity index (χ3n) is 4.01. The average molecular weight is 371 g/mol. The minimum Gasteiger partial charge on any atom is -0.490 e. The molecule has 1 aromatic heterocycles. The number of hydrogen-bond acceptors (Lipinski definition) is 4. The topological polar surface area (TPSA) is 47.1 Å². The van der Waals surface area contributed by atoms with E-state index in [9.17, 15) is 0 Å². The van der Waals surface area contributed by atoms with Crippen LogP contribution in [0, 0.1) is 4.64 Å². The van der Waals surface area contributed by atoms with Crippen molar-refractivity contribution in [3.63, 3.8) is 0 Å². The van der Waals surface area contributed by atoms with Gasteiger partial charge < -0.3 is 14.5 Å². The Morgan fingerprint density at radius 1 is 1.28 bits per heavy atom. The summed E-state index contributed by atoms with van der Waals surface area (Å²) < 4.78 is 12.3. The second-order valence-corrected chi connectivity index (χ2v) is 6.49. The molecule has 2 heterocycles. The van der Waals surface area contributed by atoms with Gasteiger partial charge in [-0.25, -0.2) is 4.98 Å². The zero-order valence-corrected chi connectivity index (χ0v) is 15.1. The Hall–Kier alpha value is -2.37. The van der Waals surface area contributed by atoms with Crippen LogP contribution in [0.3, 0.4) is 0 Å². The van der Waals surface area contributed by atoms with Crippen LogP contribution >= 0.6 is 23.8 Å². The lowest BCUT2D eigenvalue weighted by Gasteiger charge is -2.22. The second-order valence-electron chi connectivity index (χ2n) is 5.66. The molecule has 0 aliphatic carbocycles. The molecule has 0 unspecified atom stereocenters. The molecule has 4 rings (SSSR count). The van der Waals surface area contributed by atoms with E-state index in [1.165, 1.54) is 0 Å². The van der Waals surface area contributed by atoms with Crippen molar-refractivity contribution < 1.29 is 9.47 Å². The number of para-hydroxylation sites is 1. The lowest BCUT2D eigenvalue weighted by atomic mass is 10.0. The van der Waals surface area contributed by atoms with Crippen LogP contribution in [-0.4, -0.2) is 16.6 Å². The van der Waals surface area contributed by atoms with Crippen LogP contribution in [0.1, 0.15) is 18.1 Å². The van der Waals surface area contributed by atoms with Gasteiger partial charge in [0.25, 0.3) is 0 Å². The fraction of sp³-hybridized carbons (Fsp3) is 0.158. The van der Waals surface area contributed by atoms with Crippen LogP contribution in [0.4, 0.5) is 0 Å². The zero-order chi connectivity index (χ0) is 17.4. The van der Waals surface area contributed by atoms with Gasteiger partial charge in [-0.1, -0.05) is 48.1 Å². The van der Waals surface area contributed by atoms with Crippen molar-refractivity contribution in [2.24, 2.45) is 0 Å². The van der Waals surface area contributed by atoms with Gasteiger partial charge in [0.2, 0.25) is 5.88 Å². The molecule has 0 bridgehead atoms. The SMILES string of the molecule is CCOc1cccc2c1Oc1[nH]c(-c3cccc(Cl)c3)nc(=S)c1C2. The van der Waals surface area contributed by atoms with Crippen molar-refractivity contribution in [3.8, 4) is 28.8 Å². The molecule has 0 amide bonds. The average Bonchev–Trinajstić information content (AvgIpc) is 2.61. The number of ether oxygens (including phenoxy) is 2. The van der Waals surface area contributed by atoms with E-state index >= 15 is 0 Å². The number of aromatic amines is 1. The second kappa shape index (κ2) is 6.50. The van der Waals surface area contributed by atoms with Gasteiger partial charge >= 0.3 is 0 Å². The van der Waals surface area contributed by atoms with Gasteiger partial charge in [-0.3, -0.25) is 0 Å². The highest BCUT2D eigenvalue weighted by molar-refractivity contribution is 7.71. The first-order valence-electron chi connectivity index (χ1n) is 7.97. The number of rotatable bonds is 3. The molecule has 0 radical (unpaired) electrons. The van der Waals surface area contributed by atoms with Crippen LogP contribution in [-0.2, 0) is 6.42 Å². The summed E-state index contributed by atoms with van der Waals surface area (Å²) in [5.74, 6) is 2.69. The molecule has 0 fully saturated rings. The number of aromatic nitrogens is 2. The van der Waals surface area contributed by atoms with Crippen molar-refractivity contribution in [1.82, 2.24) is 9.97 Å². The van der Waals surface area contributed by atoms with Gasteiger partial charge in [0, 0.05) is 22.6 Å². The molecular weight excluding hydrogens is 356 g/mol. The molecule has 0 saturated carbocycles. The van der Waals surface area contributed by atoms with Crippen LogP contribution in [0.5, 0.6) is 17.4 Å². The van der Waals surface area contributed by atoms with Gasteiger partial charge in [-0.15, -0.1) is 0 Å². The maximum Gasteiger partial charge on any atom is 0.205 e.